The zero-order valence-electron chi connectivity index (χ0n) is 14.2. The molecule has 2 aromatic carbocycles. The van der Waals surface area contributed by atoms with Gasteiger partial charge in [0.25, 0.3) is 11.6 Å². The summed E-state index contributed by atoms with van der Waals surface area (Å²) in [6.45, 7) is 3.61. The zero-order valence-corrected chi connectivity index (χ0v) is 15.0. The van der Waals surface area contributed by atoms with E-state index < -0.39 is 10.8 Å². The minimum atomic E-state index is -0.489. The van der Waals surface area contributed by atoms with Crippen LogP contribution in [0.1, 0.15) is 20.1 Å². The predicted molar refractivity (Wildman–Crippen MR) is 101 cm³/mol. The molecular weight excluding hydrogens is 352 g/mol. The van der Waals surface area contributed by atoms with E-state index in [0.29, 0.717) is 22.1 Å². The van der Waals surface area contributed by atoms with E-state index in [0.717, 1.165) is 16.9 Å². The second-order valence-corrected chi connectivity index (χ2v) is 6.93. The molecule has 0 fully saturated rings. The van der Waals surface area contributed by atoms with Gasteiger partial charge in [-0.05, 0) is 38.1 Å². The third-order valence-corrected chi connectivity index (χ3v) is 4.73. The summed E-state index contributed by atoms with van der Waals surface area (Å²) in [6.07, 6.45) is 0. The molecule has 1 aromatic heterocycles. The molecule has 0 aliphatic heterocycles. The lowest BCUT2D eigenvalue weighted by Gasteiger charge is -2.12. The summed E-state index contributed by atoms with van der Waals surface area (Å²) in [5.41, 5.74) is 1.56. The van der Waals surface area contributed by atoms with E-state index >= 15 is 0 Å². The summed E-state index contributed by atoms with van der Waals surface area (Å²) in [4.78, 5) is 23.7. The average molecular weight is 368 g/mol. The van der Waals surface area contributed by atoms with Crippen molar-refractivity contribution in [2.24, 2.45) is 0 Å². The van der Waals surface area contributed by atoms with Crippen LogP contribution in [0.4, 0.5) is 11.4 Å². The minimum absolute atomic E-state index is 0.0515. The third-order valence-electron chi connectivity index (χ3n) is 3.70. The van der Waals surface area contributed by atoms with Gasteiger partial charge in [-0.1, -0.05) is 29.8 Å². The van der Waals surface area contributed by atoms with E-state index in [1.807, 2.05) is 31.2 Å². The Kier molecular flexibility index (Phi) is 4.99. The van der Waals surface area contributed by atoms with Crippen molar-refractivity contribution in [1.82, 2.24) is 0 Å². The predicted octanol–water partition coefficient (Wildman–Crippen LogP) is 5.32. The quantitative estimate of drug-likeness (QED) is 0.488. The first kappa shape index (κ1) is 17.6. The van der Waals surface area contributed by atoms with E-state index in [1.165, 1.54) is 6.07 Å². The Morgan fingerprint density at radius 2 is 1.81 bits per heavy atom. The van der Waals surface area contributed by atoms with Crippen molar-refractivity contribution >= 4 is 28.6 Å². The molecule has 0 atom stereocenters. The molecule has 26 heavy (non-hydrogen) atoms. The second kappa shape index (κ2) is 7.37. The van der Waals surface area contributed by atoms with Crippen molar-refractivity contribution in [3.63, 3.8) is 0 Å². The molecule has 0 bridgehead atoms. The van der Waals surface area contributed by atoms with Gasteiger partial charge in [0, 0.05) is 6.07 Å². The zero-order chi connectivity index (χ0) is 18.7. The van der Waals surface area contributed by atoms with Crippen LogP contribution < -0.4 is 10.1 Å². The van der Waals surface area contributed by atoms with Gasteiger partial charge in [0.1, 0.15) is 5.75 Å². The number of carbonyl (C=O) groups excluding carboxylic acids is 1. The molecule has 7 heteroatoms. The standard InChI is InChI=1S/C19H16N2O4S/c1-12-7-9-14(10-8-12)25-17-6-4-3-5-15(17)20-19(22)18-11-16(21(23)24)13(2)26-18/h3-11H,1-2H3,(H,20,22). The fraction of sp³-hybridized carbons (Fsp3) is 0.105. The number of nitrogens with one attached hydrogen (secondary N) is 1. The summed E-state index contributed by atoms with van der Waals surface area (Å²) in [5.74, 6) is 0.735. The third kappa shape index (κ3) is 3.89. The first-order valence-electron chi connectivity index (χ1n) is 7.84. The molecule has 6 nitrogen and oxygen atoms in total. The van der Waals surface area contributed by atoms with Gasteiger partial charge in [-0.3, -0.25) is 14.9 Å². The van der Waals surface area contributed by atoms with Crippen LogP contribution in [0.2, 0.25) is 0 Å². The number of aryl methyl sites for hydroxylation is 2. The highest BCUT2D eigenvalue weighted by Gasteiger charge is 2.20. The van der Waals surface area contributed by atoms with Crippen LogP contribution in [-0.2, 0) is 0 Å². The Morgan fingerprint density at radius 3 is 2.46 bits per heavy atom. The molecule has 1 heterocycles. The van der Waals surface area contributed by atoms with Gasteiger partial charge in [-0.25, -0.2) is 0 Å². The smallest absolute Gasteiger partial charge is 0.283 e. The summed E-state index contributed by atoms with van der Waals surface area (Å²) >= 11 is 1.09. The van der Waals surface area contributed by atoms with Gasteiger partial charge in [0.2, 0.25) is 0 Å². The topological polar surface area (TPSA) is 81.5 Å². The van der Waals surface area contributed by atoms with Gasteiger partial charge >= 0.3 is 0 Å². The largest absolute Gasteiger partial charge is 0.455 e. The number of rotatable bonds is 5. The number of thiophene rings is 1. The molecular formula is C19H16N2O4S. The summed E-state index contributed by atoms with van der Waals surface area (Å²) in [6, 6.07) is 15.9. The lowest BCUT2D eigenvalue weighted by Crippen LogP contribution is -2.10. The number of benzene rings is 2. The molecule has 132 valence electrons. The molecule has 1 amide bonds. The SMILES string of the molecule is Cc1ccc(Oc2ccccc2NC(=O)c2cc([N+](=O)[O-])c(C)s2)cc1. The number of amides is 1. The Hall–Kier alpha value is -3.19. The molecule has 0 radical (unpaired) electrons. The number of anilines is 1. The average Bonchev–Trinajstić information content (AvgIpc) is 3.01. The monoisotopic (exact) mass is 368 g/mol. The molecule has 0 unspecified atom stereocenters. The number of para-hydroxylation sites is 2. The van der Waals surface area contributed by atoms with Crippen molar-refractivity contribution in [2.45, 2.75) is 13.8 Å². The molecule has 0 aliphatic rings. The minimum Gasteiger partial charge on any atom is -0.455 e. The number of nitro groups is 1. The van der Waals surface area contributed by atoms with Crippen LogP contribution >= 0.6 is 11.3 Å². The highest BCUT2D eigenvalue weighted by molar-refractivity contribution is 7.14. The fourth-order valence-corrected chi connectivity index (χ4v) is 3.22. The number of nitrogens with zero attached hydrogens (tertiary/aromatic N) is 1. The first-order valence-corrected chi connectivity index (χ1v) is 8.65. The lowest BCUT2D eigenvalue weighted by atomic mass is 10.2. The maximum absolute atomic E-state index is 12.5. The van der Waals surface area contributed by atoms with Gasteiger partial charge in [0.15, 0.2) is 5.75 Å². The van der Waals surface area contributed by atoms with Gasteiger partial charge in [-0.2, -0.15) is 0 Å². The van der Waals surface area contributed by atoms with Gasteiger partial charge in [0.05, 0.1) is 20.4 Å². The van der Waals surface area contributed by atoms with E-state index in [2.05, 4.69) is 5.32 Å². The number of hydrogen-bond acceptors (Lipinski definition) is 5. The van der Waals surface area contributed by atoms with Crippen molar-refractivity contribution in [3.8, 4) is 11.5 Å². The van der Waals surface area contributed by atoms with E-state index in [9.17, 15) is 14.9 Å². The van der Waals surface area contributed by atoms with Crippen LogP contribution in [0.5, 0.6) is 11.5 Å². The number of hydrogen-bond donors (Lipinski definition) is 1. The Bertz CT molecular complexity index is 964. The van der Waals surface area contributed by atoms with E-state index in [-0.39, 0.29) is 10.6 Å². The Labute approximate surface area is 154 Å². The molecule has 1 N–H and O–H groups in total. The second-order valence-electron chi connectivity index (χ2n) is 5.67. The van der Waals surface area contributed by atoms with Gasteiger partial charge in [-0.15, -0.1) is 11.3 Å². The van der Waals surface area contributed by atoms with Crippen molar-refractivity contribution in [1.29, 1.82) is 0 Å². The summed E-state index contributed by atoms with van der Waals surface area (Å²) < 4.78 is 5.85. The highest BCUT2D eigenvalue weighted by atomic mass is 32.1. The molecule has 0 saturated heterocycles. The van der Waals surface area contributed by atoms with Crippen molar-refractivity contribution < 1.29 is 14.5 Å². The molecule has 0 spiro atoms. The van der Waals surface area contributed by atoms with Crippen LogP contribution in [0, 0.1) is 24.0 Å². The molecule has 3 aromatic rings. The maximum atomic E-state index is 12.5. The summed E-state index contributed by atoms with van der Waals surface area (Å²) in [5, 5.41) is 13.7. The van der Waals surface area contributed by atoms with Crippen LogP contribution in [0.15, 0.2) is 54.6 Å². The number of ether oxygens (including phenoxy) is 1. The Balaban J connectivity index is 1.81. The lowest BCUT2D eigenvalue weighted by molar-refractivity contribution is -0.385. The van der Waals surface area contributed by atoms with Crippen LogP contribution in [0.3, 0.4) is 0 Å². The van der Waals surface area contributed by atoms with Gasteiger partial charge < -0.3 is 10.1 Å². The maximum Gasteiger partial charge on any atom is 0.283 e. The Morgan fingerprint density at radius 1 is 1.12 bits per heavy atom. The van der Waals surface area contributed by atoms with Crippen molar-refractivity contribution in [2.75, 3.05) is 5.32 Å². The highest BCUT2D eigenvalue weighted by Crippen LogP contribution is 2.32. The molecule has 0 aliphatic carbocycles. The van der Waals surface area contributed by atoms with Crippen molar-refractivity contribution in [3.05, 3.63) is 80.0 Å². The number of carbonyl (C=O) groups is 1. The van der Waals surface area contributed by atoms with Crippen LogP contribution in [0.25, 0.3) is 0 Å². The molecule has 3 rings (SSSR count). The first-order chi connectivity index (χ1) is 12.4. The van der Waals surface area contributed by atoms with E-state index in [1.54, 1.807) is 31.2 Å². The van der Waals surface area contributed by atoms with E-state index in [4.69, 9.17) is 4.74 Å². The summed E-state index contributed by atoms with van der Waals surface area (Å²) in [7, 11) is 0. The molecule has 0 saturated carbocycles. The van der Waals surface area contributed by atoms with Crippen LogP contribution in [-0.4, -0.2) is 10.8 Å². The normalized spacial score (nSPS) is 10.4. The fourth-order valence-electron chi connectivity index (χ4n) is 2.34.